The van der Waals surface area contributed by atoms with Crippen molar-refractivity contribution < 1.29 is 5.11 Å². The molecule has 0 aliphatic carbocycles. The minimum absolute atomic E-state index is 0.275. The maximum Gasteiger partial charge on any atom is 0.161 e. The summed E-state index contributed by atoms with van der Waals surface area (Å²) in [4.78, 5) is 2.05. The van der Waals surface area contributed by atoms with Crippen LogP contribution in [0.4, 0.5) is 5.82 Å². The Kier molecular flexibility index (Phi) is 3.93. The standard InChI is InChI=1S/C9H14N4OS/c1-6(14)5-13(2)9-7(8(10)15)3-4-11-12-9/h3-4,6,14H,5H2,1-2H3,(H2,10,15). The van der Waals surface area contributed by atoms with E-state index in [9.17, 15) is 5.11 Å². The van der Waals surface area contributed by atoms with Gasteiger partial charge in [-0.1, -0.05) is 12.2 Å². The molecule has 0 aliphatic rings. The van der Waals surface area contributed by atoms with Gasteiger partial charge in [-0.05, 0) is 13.0 Å². The van der Waals surface area contributed by atoms with Crippen LogP contribution in [0.3, 0.4) is 0 Å². The molecule has 15 heavy (non-hydrogen) atoms. The second-order valence-corrected chi connectivity index (χ2v) is 3.80. The van der Waals surface area contributed by atoms with Gasteiger partial charge in [0, 0.05) is 13.6 Å². The summed E-state index contributed by atoms with van der Waals surface area (Å²) in [6, 6.07) is 1.71. The first kappa shape index (κ1) is 11.8. The van der Waals surface area contributed by atoms with E-state index in [1.807, 2.05) is 0 Å². The minimum atomic E-state index is -0.448. The van der Waals surface area contributed by atoms with E-state index in [0.29, 0.717) is 17.9 Å². The summed E-state index contributed by atoms with van der Waals surface area (Å²) in [7, 11) is 1.80. The van der Waals surface area contributed by atoms with Crippen LogP contribution in [0.1, 0.15) is 12.5 Å². The van der Waals surface area contributed by atoms with Crippen molar-refractivity contribution in [1.82, 2.24) is 10.2 Å². The Hall–Kier alpha value is -1.27. The fourth-order valence-electron chi connectivity index (χ4n) is 1.28. The van der Waals surface area contributed by atoms with Crippen LogP contribution < -0.4 is 10.6 Å². The SMILES string of the molecule is CC(O)CN(C)c1nnccc1C(N)=S. The molecule has 0 saturated carbocycles. The Balaban J connectivity index is 2.97. The number of aliphatic hydroxyl groups is 1. The molecule has 0 amide bonds. The summed E-state index contributed by atoms with van der Waals surface area (Å²) < 4.78 is 0. The molecule has 0 aliphatic heterocycles. The average molecular weight is 226 g/mol. The molecule has 0 bridgehead atoms. The third-order valence-corrected chi connectivity index (χ3v) is 2.09. The molecule has 82 valence electrons. The second-order valence-electron chi connectivity index (χ2n) is 3.36. The first-order chi connectivity index (χ1) is 7.02. The number of aromatic nitrogens is 2. The van der Waals surface area contributed by atoms with E-state index in [-0.39, 0.29) is 4.99 Å². The van der Waals surface area contributed by atoms with Crippen LogP contribution in [0, 0.1) is 0 Å². The topological polar surface area (TPSA) is 75.3 Å². The van der Waals surface area contributed by atoms with E-state index in [2.05, 4.69) is 10.2 Å². The van der Waals surface area contributed by atoms with Gasteiger partial charge in [0.25, 0.3) is 0 Å². The Labute approximate surface area is 93.9 Å². The van der Waals surface area contributed by atoms with Crippen LogP contribution >= 0.6 is 12.2 Å². The maximum absolute atomic E-state index is 9.26. The molecule has 0 saturated heterocycles. The lowest BCUT2D eigenvalue weighted by Gasteiger charge is -2.21. The van der Waals surface area contributed by atoms with Gasteiger partial charge in [-0.3, -0.25) is 0 Å². The second kappa shape index (κ2) is 4.99. The summed E-state index contributed by atoms with van der Waals surface area (Å²) in [5.41, 5.74) is 6.23. The number of nitrogens with two attached hydrogens (primary N) is 1. The van der Waals surface area contributed by atoms with Gasteiger partial charge in [0.15, 0.2) is 5.82 Å². The molecule has 1 heterocycles. The van der Waals surface area contributed by atoms with Gasteiger partial charge in [0.05, 0.1) is 17.9 Å². The van der Waals surface area contributed by atoms with Crippen molar-refractivity contribution >= 4 is 23.0 Å². The third kappa shape index (κ3) is 3.10. The molecule has 0 radical (unpaired) electrons. The number of anilines is 1. The zero-order valence-electron chi connectivity index (χ0n) is 8.71. The highest BCUT2D eigenvalue weighted by Crippen LogP contribution is 2.14. The fraction of sp³-hybridized carbons (Fsp3) is 0.444. The molecule has 0 aromatic carbocycles. The molecule has 3 N–H and O–H groups in total. The zero-order valence-corrected chi connectivity index (χ0v) is 9.53. The summed E-state index contributed by atoms with van der Waals surface area (Å²) in [6.07, 6.45) is 1.09. The molecule has 1 atom stereocenters. The summed E-state index contributed by atoms with van der Waals surface area (Å²) in [6.45, 7) is 2.15. The number of hydrogen-bond acceptors (Lipinski definition) is 5. The van der Waals surface area contributed by atoms with E-state index >= 15 is 0 Å². The van der Waals surface area contributed by atoms with Gasteiger partial charge >= 0.3 is 0 Å². The van der Waals surface area contributed by atoms with Crippen LogP contribution in [0.15, 0.2) is 12.3 Å². The van der Waals surface area contributed by atoms with Crippen molar-refractivity contribution in [2.24, 2.45) is 5.73 Å². The highest BCUT2D eigenvalue weighted by atomic mass is 32.1. The average Bonchev–Trinajstić information content (AvgIpc) is 2.16. The summed E-state index contributed by atoms with van der Waals surface area (Å²) >= 11 is 4.90. The third-order valence-electron chi connectivity index (χ3n) is 1.87. The normalized spacial score (nSPS) is 12.2. The van der Waals surface area contributed by atoms with Gasteiger partial charge in [0.2, 0.25) is 0 Å². The number of likely N-dealkylation sites (N-methyl/N-ethyl adjacent to an activating group) is 1. The van der Waals surface area contributed by atoms with Gasteiger partial charge in [-0.2, -0.15) is 5.10 Å². The van der Waals surface area contributed by atoms with Crippen molar-refractivity contribution in [2.75, 3.05) is 18.5 Å². The van der Waals surface area contributed by atoms with Crippen molar-refractivity contribution in [3.63, 3.8) is 0 Å². The quantitative estimate of drug-likeness (QED) is 0.700. The first-order valence-electron chi connectivity index (χ1n) is 4.53. The number of rotatable bonds is 4. The highest BCUT2D eigenvalue weighted by Gasteiger charge is 2.12. The number of nitrogens with zero attached hydrogens (tertiary/aromatic N) is 3. The fourth-order valence-corrected chi connectivity index (χ4v) is 1.44. The summed E-state index contributed by atoms with van der Waals surface area (Å²) in [5, 5.41) is 17.0. The maximum atomic E-state index is 9.26. The lowest BCUT2D eigenvalue weighted by molar-refractivity contribution is 0.201. The molecule has 0 fully saturated rings. The molecule has 6 heteroatoms. The van der Waals surface area contributed by atoms with Crippen molar-refractivity contribution in [2.45, 2.75) is 13.0 Å². The van der Waals surface area contributed by atoms with Gasteiger partial charge in [-0.15, -0.1) is 5.10 Å². The largest absolute Gasteiger partial charge is 0.392 e. The van der Waals surface area contributed by atoms with Crippen molar-refractivity contribution in [1.29, 1.82) is 0 Å². The van der Waals surface area contributed by atoms with Crippen LogP contribution in [0.2, 0.25) is 0 Å². The minimum Gasteiger partial charge on any atom is -0.392 e. The molecule has 1 unspecified atom stereocenters. The molecular formula is C9H14N4OS. The van der Waals surface area contributed by atoms with E-state index in [0.717, 1.165) is 0 Å². The highest BCUT2D eigenvalue weighted by molar-refractivity contribution is 7.80. The van der Waals surface area contributed by atoms with E-state index in [4.69, 9.17) is 18.0 Å². The molecule has 1 aromatic rings. The number of thiocarbonyl (C=S) groups is 1. The van der Waals surface area contributed by atoms with Crippen LogP contribution in [0.25, 0.3) is 0 Å². The smallest absolute Gasteiger partial charge is 0.161 e. The van der Waals surface area contributed by atoms with Gasteiger partial charge in [0.1, 0.15) is 4.99 Å². The van der Waals surface area contributed by atoms with E-state index < -0.39 is 6.10 Å². The monoisotopic (exact) mass is 226 g/mol. The molecule has 0 spiro atoms. The van der Waals surface area contributed by atoms with E-state index in [1.165, 1.54) is 6.20 Å². The molecular weight excluding hydrogens is 212 g/mol. The Morgan fingerprint density at radius 2 is 2.40 bits per heavy atom. The number of aliphatic hydroxyl groups excluding tert-OH is 1. The van der Waals surface area contributed by atoms with Crippen LogP contribution in [0.5, 0.6) is 0 Å². The first-order valence-corrected chi connectivity index (χ1v) is 4.94. The predicted octanol–water partition coefficient (Wildman–Crippen LogP) is -0.0722. The number of hydrogen-bond donors (Lipinski definition) is 2. The Morgan fingerprint density at radius 3 is 2.93 bits per heavy atom. The molecule has 1 rings (SSSR count). The lowest BCUT2D eigenvalue weighted by Crippen LogP contribution is -2.30. The van der Waals surface area contributed by atoms with Crippen LogP contribution in [-0.4, -0.2) is 40.0 Å². The van der Waals surface area contributed by atoms with Crippen molar-refractivity contribution in [3.8, 4) is 0 Å². The van der Waals surface area contributed by atoms with Crippen LogP contribution in [-0.2, 0) is 0 Å². The predicted molar refractivity (Wildman–Crippen MR) is 62.9 cm³/mol. The molecule has 1 aromatic heterocycles. The van der Waals surface area contributed by atoms with E-state index in [1.54, 1.807) is 24.9 Å². The Bertz CT molecular complexity index is 356. The van der Waals surface area contributed by atoms with Gasteiger partial charge in [-0.25, -0.2) is 0 Å². The summed E-state index contributed by atoms with van der Waals surface area (Å²) in [5.74, 6) is 0.589. The zero-order chi connectivity index (χ0) is 11.4. The Morgan fingerprint density at radius 1 is 1.73 bits per heavy atom. The molecule has 5 nitrogen and oxygen atoms in total. The lowest BCUT2D eigenvalue weighted by atomic mass is 10.2. The van der Waals surface area contributed by atoms with Gasteiger partial charge < -0.3 is 15.7 Å². The van der Waals surface area contributed by atoms with Crippen molar-refractivity contribution in [3.05, 3.63) is 17.8 Å².